The van der Waals surface area contributed by atoms with E-state index >= 15 is 0 Å². The summed E-state index contributed by atoms with van der Waals surface area (Å²) >= 11 is 9.43. The first-order chi connectivity index (χ1) is 4.31. The second-order valence-corrected chi connectivity index (χ2v) is 4.17. The van der Waals surface area contributed by atoms with Crippen LogP contribution in [0.2, 0.25) is 0 Å². The van der Waals surface area contributed by atoms with Crippen LogP contribution in [0.25, 0.3) is 0 Å². The van der Waals surface area contributed by atoms with Gasteiger partial charge in [0.2, 0.25) is 4.58 Å². The molecule has 0 aromatic heterocycles. The summed E-state index contributed by atoms with van der Waals surface area (Å²) in [5.74, 6) is 0. The Bertz CT molecular complexity index is 112. The fraction of sp³-hybridized carbons (Fsp3) is 1.00. The minimum atomic E-state index is -3.86. The van der Waals surface area contributed by atoms with E-state index in [1.165, 1.54) is 0 Å². The maximum absolute atomic E-state index is 12.6. The highest BCUT2D eigenvalue weighted by atomic mass is 79.9. The number of rotatable bonds is 3. The van der Waals surface area contributed by atoms with Crippen molar-refractivity contribution < 1.29 is 13.2 Å². The van der Waals surface area contributed by atoms with Gasteiger partial charge in [0.05, 0.1) is 0 Å². The highest BCUT2D eigenvalue weighted by molar-refractivity contribution is 9.10. The summed E-state index contributed by atoms with van der Waals surface area (Å²) in [6, 6.07) is 0. The third-order valence-electron chi connectivity index (χ3n) is 0.823. The third-order valence-corrected chi connectivity index (χ3v) is 2.64. The summed E-state index contributed by atoms with van der Waals surface area (Å²) in [5, 5.41) is -3.74. The highest BCUT2D eigenvalue weighted by Gasteiger charge is 2.50. The van der Waals surface area contributed by atoms with Crippen molar-refractivity contribution in [2.45, 2.75) is 16.4 Å². The SMILES string of the molecule is FC(F)(Cl)C(F)(Br)CCBr. The molecule has 6 heteroatoms. The Morgan fingerprint density at radius 1 is 1.30 bits per heavy atom. The van der Waals surface area contributed by atoms with Crippen LogP contribution in [-0.2, 0) is 0 Å². The van der Waals surface area contributed by atoms with E-state index in [-0.39, 0.29) is 11.8 Å². The minimum Gasteiger partial charge on any atom is -0.223 e. The molecular formula is C4H4Br2ClF3. The molecule has 0 aliphatic rings. The van der Waals surface area contributed by atoms with Crippen LogP contribution in [0.5, 0.6) is 0 Å². The van der Waals surface area contributed by atoms with E-state index in [9.17, 15) is 13.2 Å². The predicted octanol–water partition coefficient (Wildman–Crippen LogP) is 3.66. The molecule has 0 amide bonds. The van der Waals surface area contributed by atoms with Crippen LogP contribution in [0.3, 0.4) is 0 Å². The number of hydrogen-bond donors (Lipinski definition) is 0. The van der Waals surface area contributed by atoms with Crippen molar-refractivity contribution in [2.24, 2.45) is 0 Å². The monoisotopic (exact) mass is 302 g/mol. The summed E-state index contributed by atoms with van der Waals surface area (Å²) in [5.41, 5.74) is 0. The zero-order valence-corrected chi connectivity index (χ0v) is 8.61. The normalized spacial score (nSPS) is 18.6. The second kappa shape index (κ2) is 3.63. The quantitative estimate of drug-likeness (QED) is 0.698. The van der Waals surface area contributed by atoms with Gasteiger partial charge < -0.3 is 0 Å². The van der Waals surface area contributed by atoms with Crippen LogP contribution in [0, 0.1) is 0 Å². The average Bonchev–Trinajstić information content (AvgIpc) is 1.61. The lowest BCUT2D eigenvalue weighted by molar-refractivity contribution is -0.0110. The Labute approximate surface area is 78.4 Å². The van der Waals surface area contributed by atoms with E-state index in [1.807, 2.05) is 0 Å². The third kappa shape index (κ3) is 2.96. The van der Waals surface area contributed by atoms with Crippen LogP contribution in [0.4, 0.5) is 13.2 Å². The Morgan fingerprint density at radius 2 is 1.70 bits per heavy atom. The molecule has 0 aromatic rings. The second-order valence-electron chi connectivity index (χ2n) is 1.64. The molecule has 0 saturated heterocycles. The molecule has 0 fully saturated rings. The fourth-order valence-corrected chi connectivity index (χ4v) is 1.63. The summed E-state index contributed by atoms with van der Waals surface area (Å²) in [6.07, 6.45) is -0.385. The molecule has 0 aliphatic carbocycles. The molecule has 10 heavy (non-hydrogen) atoms. The zero-order chi connectivity index (χ0) is 8.41. The van der Waals surface area contributed by atoms with E-state index in [0.29, 0.717) is 0 Å². The molecule has 0 rings (SSSR count). The first-order valence-electron chi connectivity index (χ1n) is 2.32. The van der Waals surface area contributed by atoms with Gasteiger partial charge in [-0.25, -0.2) is 4.39 Å². The lowest BCUT2D eigenvalue weighted by Crippen LogP contribution is -2.33. The molecule has 0 nitrogen and oxygen atoms in total. The molecule has 0 saturated carbocycles. The van der Waals surface area contributed by atoms with Gasteiger partial charge in [0, 0.05) is 11.8 Å². The topological polar surface area (TPSA) is 0 Å². The molecule has 0 bridgehead atoms. The average molecular weight is 304 g/mol. The molecule has 0 aliphatic heterocycles. The number of hydrogen-bond acceptors (Lipinski definition) is 0. The summed E-state index contributed by atoms with van der Waals surface area (Å²) in [7, 11) is 0. The zero-order valence-electron chi connectivity index (χ0n) is 4.68. The van der Waals surface area contributed by atoms with Gasteiger partial charge in [-0.15, -0.1) is 0 Å². The lowest BCUT2D eigenvalue weighted by atomic mass is 10.3. The molecule has 0 heterocycles. The largest absolute Gasteiger partial charge is 0.365 e. The van der Waals surface area contributed by atoms with Crippen molar-refractivity contribution in [2.75, 3.05) is 5.33 Å². The lowest BCUT2D eigenvalue weighted by Gasteiger charge is -2.21. The van der Waals surface area contributed by atoms with Gasteiger partial charge in [-0.2, -0.15) is 8.78 Å². The number of alkyl halides is 6. The molecule has 0 radical (unpaired) electrons. The van der Waals surface area contributed by atoms with Crippen molar-refractivity contribution in [1.29, 1.82) is 0 Å². The van der Waals surface area contributed by atoms with Gasteiger partial charge in [-0.05, 0) is 27.5 Å². The Hall–Kier alpha value is 1.04. The molecule has 1 unspecified atom stereocenters. The fourth-order valence-electron chi connectivity index (χ4n) is 0.260. The summed E-state index contributed by atoms with van der Waals surface area (Å²) < 4.78 is 33.8. The van der Waals surface area contributed by atoms with Gasteiger partial charge in [-0.3, -0.25) is 0 Å². The van der Waals surface area contributed by atoms with Crippen LogP contribution in [-0.4, -0.2) is 15.3 Å². The molecule has 0 aromatic carbocycles. The van der Waals surface area contributed by atoms with Crippen molar-refractivity contribution in [3.63, 3.8) is 0 Å². The first-order valence-corrected chi connectivity index (χ1v) is 4.61. The van der Waals surface area contributed by atoms with E-state index in [4.69, 9.17) is 0 Å². The molecule has 1 atom stereocenters. The molecular weight excluding hydrogens is 300 g/mol. The van der Waals surface area contributed by atoms with Gasteiger partial charge in [0.25, 0.3) is 0 Å². The highest BCUT2D eigenvalue weighted by Crippen LogP contribution is 2.43. The Morgan fingerprint density at radius 3 is 1.80 bits per heavy atom. The van der Waals surface area contributed by atoms with Crippen molar-refractivity contribution in [3.05, 3.63) is 0 Å². The van der Waals surface area contributed by atoms with E-state index in [0.717, 1.165) is 0 Å². The van der Waals surface area contributed by atoms with E-state index < -0.39 is 9.96 Å². The minimum absolute atomic E-state index is 0.122. The number of halogens is 6. The van der Waals surface area contributed by atoms with Gasteiger partial charge >= 0.3 is 5.38 Å². The van der Waals surface area contributed by atoms with Crippen LogP contribution in [0.1, 0.15) is 6.42 Å². The van der Waals surface area contributed by atoms with Crippen molar-refractivity contribution in [1.82, 2.24) is 0 Å². The van der Waals surface area contributed by atoms with Crippen LogP contribution >= 0.6 is 43.5 Å². The maximum atomic E-state index is 12.6. The Kier molecular flexibility index (Phi) is 4.00. The standard InChI is InChI=1S/C4H4Br2ClF3/c5-2-1-3(6,8)4(7,9)10/h1-2H2. The van der Waals surface area contributed by atoms with Crippen molar-refractivity contribution >= 4 is 43.5 Å². The molecule has 0 spiro atoms. The smallest absolute Gasteiger partial charge is 0.223 e. The van der Waals surface area contributed by atoms with E-state index in [2.05, 4.69) is 43.5 Å². The van der Waals surface area contributed by atoms with Gasteiger partial charge in [-0.1, -0.05) is 15.9 Å². The van der Waals surface area contributed by atoms with Gasteiger partial charge in [0.1, 0.15) is 0 Å². The maximum Gasteiger partial charge on any atom is 0.365 e. The van der Waals surface area contributed by atoms with Crippen molar-refractivity contribution in [3.8, 4) is 0 Å². The molecule has 0 N–H and O–H groups in total. The predicted molar refractivity (Wildman–Crippen MR) is 42.0 cm³/mol. The Balaban J connectivity index is 4.10. The first kappa shape index (κ1) is 11.0. The van der Waals surface area contributed by atoms with Crippen LogP contribution in [0.15, 0.2) is 0 Å². The summed E-state index contributed by atoms with van der Waals surface area (Å²) in [4.78, 5) is 0. The molecule has 62 valence electrons. The van der Waals surface area contributed by atoms with Crippen LogP contribution < -0.4 is 0 Å². The van der Waals surface area contributed by atoms with Gasteiger partial charge in [0.15, 0.2) is 0 Å². The summed E-state index contributed by atoms with van der Waals surface area (Å²) in [6.45, 7) is 0. The van der Waals surface area contributed by atoms with E-state index in [1.54, 1.807) is 0 Å².